The smallest absolute Gasteiger partial charge is 0.340 e. The van der Waals surface area contributed by atoms with E-state index in [1.807, 2.05) is 0 Å². The van der Waals surface area contributed by atoms with Gasteiger partial charge in [-0.25, -0.2) is 9.78 Å². The topological polar surface area (TPSA) is 87.3 Å². The first-order valence-electron chi connectivity index (χ1n) is 5.55. The van der Waals surface area contributed by atoms with Crippen molar-refractivity contribution < 1.29 is 14.3 Å². The molecule has 0 bridgehead atoms. The summed E-state index contributed by atoms with van der Waals surface area (Å²) in [5, 5.41) is 0. The molecule has 0 amide bonds. The predicted octanol–water partition coefficient (Wildman–Crippen LogP) is 1.95. The molecular weight excluding hydrogens is 246 g/mol. The van der Waals surface area contributed by atoms with Crippen LogP contribution in [0.15, 0.2) is 30.6 Å². The van der Waals surface area contributed by atoms with Crippen LogP contribution in [0.4, 0.5) is 5.69 Å². The Hall–Kier alpha value is -2.63. The molecule has 0 fully saturated rings. The molecule has 2 heterocycles. The number of aromatic nitrogens is 2. The van der Waals surface area contributed by atoms with Gasteiger partial charge in [-0.15, -0.1) is 0 Å². The van der Waals surface area contributed by atoms with Crippen LogP contribution >= 0.6 is 0 Å². The van der Waals surface area contributed by atoms with Crippen molar-refractivity contribution >= 4 is 11.7 Å². The van der Waals surface area contributed by atoms with Crippen molar-refractivity contribution in [3.8, 4) is 11.6 Å². The fraction of sp³-hybridized carbons (Fsp3) is 0.154. The monoisotopic (exact) mass is 259 g/mol. The molecule has 0 radical (unpaired) electrons. The summed E-state index contributed by atoms with van der Waals surface area (Å²) in [5.41, 5.74) is 6.90. The maximum absolute atomic E-state index is 11.5. The summed E-state index contributed by atoms with van der Waals surface area (Å²) < 4.78 is 10.2. The summed E-state index contributed by atoms with van der Waals surface area (Å²) in [6.07, 6.45) is 3.09. The number of hydrogen-bond acceptors (Lipinski definition) is 6. The first-order chi connectivity index (χ1) is 9.13. The number of esters is 1. The first kappa shape index (κ1) is 12.8. The van der Waals surface area contributed by atoms with Crippen LogP contribution in [0.1, 0.15) is 16.1 Å². The Bertz CT molecular complexity index is 614. The predicted molar refractivity (Wildman–Crippen MR) is 69.0 cm³/mol. The van der Waals surface area contributed by atoms with E-state index in [4.69, 9.17) is 10.5 Å². The zero-order valence-corrected chi connectivity index (χ0v) is 10.6. The van der Waals surface area contributed by atoms with Crippen molar-refractivity contribution in [2.24, 2.45) is 0 Å². The van der Waals surface area contributed by atoms with E-state index in [0.29, 0.717) is 11.4 Å². The summed E-state index contributed by atoms with van der Waals surface area (Å²) in [7, 11) is 1.29. The number of carbonyl (C=O) groups is 1. The second kappa shape index (κ2) is 5.34. The zero-order chi connectivity index (χ0) is 13.8. The van der Waals surface area contributed by atoms with E-state index in [0.717, 1.165) is 0 Å². The number of nitrogens with two attached hydrogens (primary N) is 1. The second-order valence-corrected chi connectivity index (χ2v) is 3.76. The highest BCUT2D eigenvalue weighted by Crippen LogP contribution is 2.28. The van der Waals surface area contributed by atoms with Gasteiger partial charge in [0.15, 0.2) is 5.75 Å². The average Bonchev–Trinajstić information content (AvgIpc) is 2.42. The van der Waals surface area contributed by atoms with Gasteiger partial charge in [-0.3, -0.25) is 4.98 Å². The van der Waals surface area contributed by atoms with E-state index >= 15 is 0 Å². The Morgan fingerprint density at radius 2 is 2.05 bits per heavy atom. The minimum atomic E-state index is -0.535. The molecule has 2 N–H and O–H groups in total. The molecular formula is C13H13N3O3. The number of anilines is 1. The van der Waals surface area contributed by atoms with Gasteiger partial charge in [0.05, 0.1) is 18.4 Å². The molecule has 6 nitrogen and oxygen atoms in total. The number of methoxy groups -OCH3 is 1. The molecule has 0 saturated carbocycles. The zero-order valence-electron chi connectivity index (χ0n) is 10.6. The molecule has 2 aromatic rings. The molecule has 19 heavy (non-hydrogen) atoms. The molecule has 0 atom stereocenters. The Balaban J connectivity index is 2.37. The Labute approximate surface area is 110 Å². The molecule has 0 spiro atoms. The maximum Gasteiger partial charge on any atom is 0.340 e. The van der Waals surface area contributed by atoms with Crippen LogP contribution in [-0.2, 0) is 4.74 Å². The van der Waals surface area contributed by atoms with Gasteiger partial charge in [0.2, 0.25) is 5.88 Å². The third kappa shape index (κ3) is 2.62. The van der Waals surface area contributed by atoms with Crippen LogP contribution in [0.3, 0.4) is 0 Å². The lowest BCUT2D eigenvalue weighted by molar-refractivity contribution is 0.0601. The molecule has 0 aliphatic heterocycles. The van der Waals surface area contributed by atoms with E-state index in [-0.39, 0.29) is 17.1 Å². The van der Waals surface area contributed by atoms with Gasteiger partial charge >= 0.3 is 5.97 Å². The van der Waals surface area contributed by atoms with Crippen LogP contribution < -0.4 is 10.5 Å². The normalized spacial score (nSPS) is 10.0. The lowest BCUT2D eigenvalue weighted by Crippen LogP contribution is -2.07. The standard InChI is InChI=1S/C13H13N3O3/c1-8-10(4-3-6-15-8)19-12-11(14)9(5-7-16-12)13(17)18-2/h3-7H,14H2,1-2H3. The molecule has 0 saturated heterocycles. The van der Waals surface area contributed by atoms with Crippen LogP contribution in [0.2, 0.25) is 0 Å². The summed E-state index contributed by atoms with van der Waals surface area (Å²) >= 11 is 0. The minimum Gasteiger partial charge on any atom is -0.465 e. The van der Waals surface area contributed by atoms with Gasteiger partial charge in [0.25, 0.3) is 0 Å². The average molecular weight is 259 g/mol. The third-order valence-electron chi connectivity index (χ3n) is 2.52. The molecule has 0 aromatic carbocycles. The molecule has 0 aliphatic carbocycles. The Kier molecular flexibility index (Phi) is 3.61. The second-order valence-electron chi connectivity index (χ2n) is 3.76. The number of ether oxygens (including phenoxy) is 2. The molecule has 2 aromatic heterocycles. The van der Waals surface area contributed by atoms with E-state index < -0.39 is 5.97 Å². The Morgan fingerprint density at radius 1 is 1.26 bits per heavy atom. The summed E-state index contributed by atoms with van der Waals surface area (Å²) in [6.45, 7) is 1.80. The van der Waals surface area contributed by atoms with Gasteiger partial charge in [0.1, 0.15) is 5.69 Å². The molecule has 98 valence electrons. The number of rotatable bonds is 3. The lowest BCUT2D eigenvalue weighted by atomic mass is 10.2. The maximum atomic E-state index is 11.5. The molecule has 0 unspecified atom stereocenters. The van der Waals surface area contributed by atoms with Gasteiger partial charge < -0.3 is 15.2 Å². The van der Waals surface area contributed by atoms with Crippen molar-refractivity contribution in [3.05, 3.63) is 41.9 Å². The quantitative estimate of drug-likeness (QED) is 0.847. The van der Waals surface area contributed by atoms with Gasteiger partial charge in [-0.05, 0) is 25.1 Å². The van der Waals surface area contributed by atoms with Gasteiger partial charge in [0, 0.05) is 12.4 Å². The minimum absolute atomic E-state index is 0.137. The van der Waals surface area contributed by atoms with Crippen LogP contribution in [-0.4, -0.2) is 23.0 Å². The third-order valence-corrected chi connectivity index (χ3v) is 2.52. The van der Waals surface area contributed by atoms with Crippen LogP contribution in [0, 0.1) is 6.92 Å². The van der Waals surface area contributed by atoms with Crippen LogP contribution in [0.5, 0.6) is 11.6 Å². The van der Waals surface area contributed by atoms with Crippen molar-refractivity contribution in [1.82, 2.24) is 9.97 Å². The number of aryl methyl sites for hydroxylation is 1. The van der Waals surface area contributed by atoms with Crippen molar-refractivity contribution in [3.63, 3.8) is 0 Å². The number of hydrogen-bond donors (Lipinski definition) is 1. The van der Waals surface area contributed by atoms with E-state index in [1.54, 1.807) is 25.3 Å². The fourth-order valence-corrected chi connectivity index (χ4v) is 1.50. The highest BCUT2D eigenvalue weighted by Gasteiger charge is 2.15. The van der Waals surface area contributed by atoms with E-state index in [2.05, 4.69) is 14.7 Å². The van der Waals surface area contributed by atoms with Crippen LogP contribution in [0.25, 0.3) is 0 Å². The van der Waals surface area contributed by atoms with Crippen molar-refractivity contribution in [2.45, 2.75) is 6.92 Å². The number of carbonyl (C=O) groups excluding carboxylic acids is 1. The molecule has 2 rings (SSSR count). The Morgan fingerprint density at radius 3 is 2.74 bits per heavy atom. The molecule has 6 heteroatoms. The highest BCUT2D eigenvalue weighted by molar-refractivity contribution is 5.96. The summed E-state index contributed by atoms with van der Waals surface area (Å²) in [5.74, 6) is 0.148. The van der Waals surface area contributed by atoms with Crippen molar-refractivity contribution in [2.75, 3.05) is 12.8 Å². The number of nitrogens with zero attached hydrogens (tertiary/aromatic N) is 2. The molecule has 0 aliphatic rings. The lowest BCUT2D eigenvalue weighted by Gasteiger charge is -2.10. The highest BCUT2D eigenvalue weighted by atomic mass is 16.5. The summed E-state index contributed by atoms with van der Waals surface area (Å²) in [6, 6.07) is 4.96. The van der Waals surface area contributed by atoms with Crippen molar-refractivity contribution in [1.29, 1.82) is 0 Å². The SMILES string of the molecule is COC(=O)c1ccnc(Oc2cccnc2C)c1N. The first-order valence-corrected chi connectivity index (χ1v) is 5.55. The number of pyridine rings is 2. The van der Waals surface area contributed by atoms with E-state index in [1.165, 1.54) is 19.4 Å². The summed E-state index contributed by atoms with van der Waals surface area (Å²) in [4.78, 5) is 19.6. The van der Waals surface area contributed by atoms with E-state index in [9.17, 15) is 4.79 Å². The largest absolute Gasteiger partial charge is 0.465 e. The van der Waals surface area contributed by atoms with Gasteiger partial charge in [-0.1, -0.05) is 0 Å². The fourth-order valence-electron chi connectivity index (χ4n) is 1.50. The number of nitrogen functional groups attached to an aromatic ring is 1. The van der Waals surface area contributed by atoms with Gasteiger partial charge in [-0.2, -0.15) is 0 Å².